The Morgan fingerprint density at radius 1 is 1.00 bits per heavy atom. The van der Waals surface area contributed by atoms with E-state index in [1.54, 1.807) is 0 Å². The van der Waals surface area contributed by atoms with Gasteiger partial charge in [-0.3, -0.25) is 0 Å². The highest BCUT2D eigenvalue weighted by Gasteiger charge is 2.23. The molecule has 1 heteroatoms. The van der Waals surface area contributed by atoms with Gasteiger partial charge in [-0.15, -0.1) is 0 Å². The molecule has 0 amide bonds. The normalized spacial score (nSPS) is 27.5. The van der Waals surface area contributed by atoms with Crippen LogP contribution >= 0.6 is 0 Å². The van der Waals surface area contributed by atoms with E-state index in [1.165, 1.54) is 38.6 Å². The summed E-state index contributed by atoms with van der Waals surface area (Å²) in [5.74, 6) is 0. The van der Waals surface area contributed by atoms with Crippen molar-refractivity contribution in [3.8, 4) is 0 Å². The molecule has 1 nitrogen and oxygen atoms in total. The number of nitrogens with zero attached hydrogens (tertiary/aromatic N) is 1. The molecule has 1 aliphatic rings. The quantitative estimate of drug-likeness (QED) is 0.520. The summed E-state index contributed by atoms with van der Waals surface area (Å²) in [4.78, 5) is 2.51. The van der Waals surface area contributed by atoms with Gasteiger partial charge in [-0.1, -0.05) is 19.3 Å². The molecular formula is C10H21N. The highest BCUT2D eigenvalue weighted by Crippen LogP contribution is 2.23. The number of likely N-dealkylation sites (tertiary alicyclic amines) is 1. The minimum Gasteiger partial charge on any atom is -0.301 e. The third-order valence-corrected chi connectivity index (χ3v) is 3.07. The van der Waals surface area contributed by atoms with Crippen LogP contribution in [0.4, 0.5) is 0 Å². The second kappa shape index (κ2) is 3.57. The van der Waals surface area contributed by atoms with Gasteiger partial charge in [0, 0.05) is 5.54 Å². The molecule has 0 N–H and O–H groups in total. The largest absolute Gasteiger partial charge is 0.301 e. The Hall–Kier alpha value is -0.0400. The van der Waals surface area contributed by atoms with Crippen LogP contribution < -0.4 is 0 Å². The van der Waals surface area contributed by atoms with E-state index in [2.05, 4.69) is 25.8 Å². The lowest BCUT2D eigenvalue weighted by Gasteiger charge is -2.37. The van der Waals surface area contributed by atoms with E-state index in [0.29, 0.717) is 5.54 Å². The molecule has 0 atom stereocenters. The van der Waals surface area contributed by atoms with E-state index in [4.69, 9.17) is 0 Å². The molecule has 0 radical (unpaired) electrons. The first-order valence-electron chi connectivity index (χ1n) is 4.84. The Bertz CT molecular complexity index is 118. The van der Waals surface area contributed by atoms with Crippen molar-refractivity contribution in [1.29, 1.82) is 0 Å². The van der Waals surface area contributed by atoms with Crippen molar-refractivity contribution < 1.29 is 0 Å². The second-order valence-corrected chi connectivity index (χ2v) is 4.40. The van der Waals surface area contributed by atoms with Crippen molar-refractivity contribution in [2.45, 2.75) is 51.5 Å². The molecule has 0 spiro atoms. The maximum Gasteiger partial charge on any atom is 0.0150 e. The lowest BCUT2D eigenvalue weighted by molar-refractivity contribution is 0.129. The maximum atomic E-state index is 2.51. The highest BCUT2D eigenvalue weighted by molar-refractivity contribution is 4.80. The predicted molar refractivity (Wildman–Crippen MR) is 49.8 cm³/mol. The van der Waals surface area contributed by atoms with Gasteiger partial charge >= 0.3 is 0 Å². The molecule has 1 fully saturated rings. The third kappa shape index (κ3) is 2.48. The van der Waals surface area contributed by atoms with Crippen molar-refractivity contribution in [3.63, 3.8) is 0 Å². The van der Waals surface area contributed by atoms with E-state index in [9.17, 15) is 0 Å². The smallest absolute Gasteiger partial charge is 0.0150 e. The van der Waals surface area contributed by atoms with Crippen LogP contribution in [0, 0.1) is 0 Å². The molecule has 66 valence electrons. The number of hydrogen-bond donors (Lipinski definition) is 0. The first-order valence-corrected chi connectivity index (χ1v) is 4.84. The molecule has 0 unspecified atom stereocenters. The van der Waals surface area contributed by atoms with Crippen LogP contribution in [0.2, 0.25) is 0 Å². The van der Waals surface area contributed by atoms with Crippen LogP contribution in [0.15, 0.2) is 0 Å². The molecule has 1 heterocycles. The molecule has 1 aliphatic heterocycles. The Kier molecular flexibility index (Phi) is 2.94. The zero-order chi connectivity index (χ0) is 8.32. The van der Waals surface area contributed by atoms with Crippen LogP contribution in [0.3, 0.4) is 0 Å². The van der Waals surface area contributed by atoms with E-state index in [1.807, 2.05) is 0 Å². The van der Waals surface area contributed by atoms with Gasteiger partial charge in [0.15, 0.2) is 0 Å². The summed E-state index contributed by atoms with van der Waals surface area (Å²) in [5, 5.41) is 0. The van der Waals surface area contributed by atoms with Crippen LogP contribution in [-0.2, 0) is 0 Å². The van der Waals surface area contributed by atoms with E-state index in [-0.39, 0.29) is 0 Å². The molecule has 1 saturated heterocycles. The molecule has 0 saturated carbocycles. The molecule has 0 aliphatic carbocycles. The summed E-state index contributed by atoms with van der Waals surface area (Å²) in [6.07, 6.45) is 7.04. The minimum atomic E-state index is 0.445. The van der Waals surface area contributed by atoms with Crippen molar-refractivity contribution in [3.05, 3.63) is 0 Å². The van der Waals surface area contributed by atoms with Crippen molar-refractivity contribution in [2.75, 3.05) is 13.6 Å². The SMILES string of the molecule is CN1CCCCCCC1(C)C. The molecular weight excluding hydrogens is 134 g/mol. The van der Waals surface area contributed by atoms with Gasteiger partial charge in [-0.05, 0) is 40.3 Å². The van der Waals surface area contributed by atoms with Gasteiger partial charge in [0.05, 0.1) is 0 Å². The zero-order valence-corrected chi connectivity index (χ0v) is 8.19. The first kappa shape index (κ1) is 9.05. The number of hydrogen-bond acceptors (Lipinski definition) is 1. The van der Waals surface area contributed by atoms with Crippen LogP contribution in [0.5, 0.6) is 0 Å². The van der Waals surface area contributed by atoms with Gasteiger partial charge in [0.1, 0.15) is 0 Å². The molecule has 11 heavy (non-hydrogen) atoms. The van der Waals surface area contributed by atoms with E-state index in [0.717, 1.165) is 0 Å². The van der Waals surface area contributed by atoms with Crippen LogP contribution in [-0.4, -0.2) is 24.0 Å². The minimum absolute atomic E-state index is 0.445. The summed E-state index contributed by atoms with van der Waals surface area (Å²) in [6, 6.07) is 0. The first-order chi connectivity index (χ1) is 5.13. The molecule has 0 bridgehead atoms. The average Bonchev–Trinajstić information content (AvgIpc) is 1.93. The van der Waals surface area contributed by atoms with Gasteiger partial charge in [0.25, 0.3) is 0 Å². The molecule has 0 aromatic rings. The lowest BCUT2D eigenvalue weighted by Crippen LogP contribution is -2.42. The lowest BCUT2D eigenvalue weighted by atomic mass is 9.92. The summed E-state index contributed by atoms with van der Waals surface area (Å²) in [5.41, 5.74) is 0.445. The fourth-order valence-corrected chi connectivity index (χ4v) is 1.75. The maximum absolute atomic E-state index is 2.51. The Morgan fingerprint density at radius 3 is 2.36 bits per heavy atom. The van der Waals surface area contributed by atoms with E-state index < -0.39 is 0 Å². The summed E-state index contributed by atoms with van der Waals surface area (Å²) in [6.45, 7) is 6.00. The number of rotatable bonds is 0. The predicted octanol–water partition coefficient (Wildman–Crippen LogP) is 2.66. The van der Waals surface area contributed by atoms with Crippen molar-refractivity contribution in [1.82, 2.24) is 4.90 Å². The van der Waals surface area contributed by atoms with Crippen LogP contribution in [0.1, 0.15) is 46.0 Å². The average molecular weight is 155 g/mol. The molecule has 0 aromatic heterocycles. The Labute approximate surface area is 70.8 Å². The molecule has 0 aromatic carbocycles. The topological polar surface area (TPSA) is 3.24 Å². The zero-order valence-electron chi connectivity index (χ0n) is 8.19. The van der Waals surface area contributed by atoms with Gasteiger partial charge in [-0.25, -0.2) is 0 Å². The van der Waals surface area contributed by atoms with Crippen LogP contribution in [0.25, 0.3) is 0 Å². The fourth-order valence-electron chi connectivity index (χ4n) is 1.75. The summed E-state index contributed by atoms with van der Waals surface area (Å²) in [7, 11) is 2.26. The van der Waals surface area contributed by atoms with Gasteiger partial charge in [0.2, 0.25) is 0 Å². The van der Waals surface area contributed by atoms with Crippen molar-refractivity contribution >= 4 is 0 Å². The standard InChI is InChI=1S/C10H21N/c1-10(2)8-6-4-5-7-9-11(10)3/h4-9H2,1-3H3. The fraction of sp³-hybridized carbons (Fsp3) is 1.00. The van der Waals surface area contributed by atoms with Gasteiger partial charge < -0.3 is 4.90 Å². The third-order valence-electron chi connectivity index (χ3n) is 3.07. The van der Waals surface area contributed by atoms with E-state index >= 15 is 0 Å². The molecule has 1 rings (SSSR count). The second-order valence-electron chi connectivity index (χ2n) is 4.40. The highest BCUT2D eigenvalue weighted by atomic mass is 15.2. The summed E-state index contributed by atoms with van der Waals surface area (Å²) < 4.78 is 0. The van der Waals surface area contributed by atoms with Gasteiger partial charge in [-0.2, -0.15) is 0 Å². The Balaban J connectivity index is 2.47. The monoisotopic (exact) mass is 155 g/mol. The summed E-state index contributed by atoms with van der Waals surface area (Å²) >= 11 is 0. The Morgan fingerprint density at radius 2 is 1.64 bits per heavy atom. The van der Waals surface area contributed by atoms with Crippen molar-refractivity contribution in [2.24, 2.45) is 0 Å².